The van der Waals surface area contributed by atoms with Gasteiger partial charge in [0.2, 0.25) is 0 Å². The number of carbonyl (C=O) groups excluding carboxylic acids is 3. The molecule has 1 aromatic carbocycles. The van der Waals surface area contributed by atoms with E-state index >= 15 is 0 Å². The Morgan fingerprint density at radius 1 is 0.926 bits per heavy atom. The normalized spacial score (nSPS) is 11.7. The molecule has 150 valence electrons. The molecule has 0 heterocycles. The summed E-state index contributed by atoms with van der Waals surface area (Å²) in [6.45, 7) is 9.91. The fraction of sp³-hybridized carbons (Fsp3) is 0.500. The lowest BCUT2D eigenvalue weighted by molar-refractivity contribution is 0.0430. The molecule has 0 aliphatic rings. The van der Waals surface area contributed by atoms with Crippen molar-refractivity contribution < 1.29 is 23.9 Å². The first-order chi connectivity index (χ1) is 12.2. The predicted molar refractivity (Wildman–Crippen MR) is 110 cm³/mol. The van der Waals surface area contributed by atoms with Gasteiger partial charge in [-0.2, -0.15) is 4.90 Å². The van der Waals surface area contributed by atoms with Gasteiger partial charge in [0.25, 0.3) is 0 Å². The number of amides is 2. The van der Waals surface area contributed by atoms with Crippen molar-refractivity contribution in [3.05, 3.63) is 27.7 Å². The van der Waals surface area contributed by atoms with Crippen LogP contribution >= 0.6 is 39.1 Å². The molecule has 1 rings (SSSR count). The SMILES string of the molecule is CC(C)(C)OC(=O)N(C(=O)OC(C)(C)C)c1c(Cl)cc(C(=O)CBr)cc1Cl. The van der Waals surface area contributed by atoms with Crippen molar-refractivity contribution in [3.8, 4) is 0 Å². The highest BCUT2D eigenvalue weighted by molar-refractivity contribution is 9.09. The van der Waals surface area contributed by atoms with Crippen molar-refractivity contribution in [2.24, 2.45) is 0 Å². The number of ketones is 1. The molecule has 0 bridgehead atoms. The third kappa shape index (κ3) is 6.97. The van der Waals surface area contributed by atoms with E-state index in [4.69, 9.17) is 32.7 Å². The minimum Gasteiger partial charge on any atom is -0.443 e. The first-order valence-electron chi connectivity index (χ1n) is 8.00. The fourth-order valence-electron chi connectivity index (χ4n) is 1.89. The maximum absolute atomic E-state index is 12.7. The number of alkyl halides is 1. The summed E-state index contributed by atoms with van der Waals surface area (Å²) in [6.07, 6.45) is -2.00. The number of imide groups is 1. The molecule has 0 fully saturated rings. The molecule has 0 aliphatic heterocycles. The van der Waals surface area contributed by atoms with E-state index in [0.717, 1.165) is 0 Å². The number of ether oxygens (including phenoxy) is 2. The van der Waals surface area contributed by atoms with Crippen molar-refractivity contribution in [1.82, 2.24) is 0 Å². The van der Waals surface area contributed by atoms with Crippen LogP contribution in [0.2, 0.25) is 10.0 Å². The van der Waals surface area contributed by atoms with Gasteiger partial charge in [0.05, 0.1) is 21.1 Å². The quantitative estimate of drug-likeness (QED) is 0.376. The number of nitrogens with zero attached hydrogens (tertiary/aromatic N) is 1. The van der Waals surface area contributed by atoms with Crippen molar-refractivity contribution in [2.75, 3.05) is 10.2 Å². The summed E-state index contributed by atoms with van der Waals surface area (Å²) in [6, 6.07) is 2.65. The Bertz CT molecular complexity index is 702. The van der Waals surface area contributed by atoms with Gasteiger partial charge in [-0.15, -0.1) is 0 Å². The van der Waals surface area contributed by atoms with Crippen LogP contribution in [0.25, 0.3) is 0 Å². The predicted octanol–water partition coefficient (Wildman–Crippen LogP) is 6.25. The molecule has 6 nitrogen and oxygen atoms in total. The second-order valence-electron chi connectivity index (χ2n) is 7.64. The molecule has 27 heavy (non-hydrogen) atoms. The second-order valence-corrected chi connectivity index (χ2v) is 9.02. The van der Waals surface area contributed by atoms with E-state index in [1.807, 2.05) is 0 Å². The zero-order valence-electron chi connectivity index (χ0n) is 16.0. The van der Waals surface area contributed by atoms with Crippen LogP contribution in [-0.2, 0) is 9.47 Å². The molecular weight excluding hydrogens is 461 g/mol. The lowest BCUT2D eigenvalue weighted by Gasteiger charge is -2.29. The number of halogens is 3. The first-order valence-corrected chi connectivity index (χ1v) is 9.88. The van der Waals surface area contributed by atoms with Gasteiger partial charge >= 0.3 is 12.2 Å². The molecule has 9 heteroatoms. The first kappa shape index (κ1) is 23.7. The number of benzene rings is 1. The van der Waals surface area contributed by atoms with Crippen LogP contribution in [0.5, 0.6) is 0 Å². The number of hydrogen-bond donors (Lipinski definition) is 0. The van der Waals surface area contributed by atoms with Gasteiger partial charge in [0, 0.05) is 5.56 Å². The molecule has 0 aromatic heterocycles. The molecular formula is C18H22BrCl2NO5. The van der Waals surface area contributed by atoms with Crippen LogP contribution in [0.3, 0.4) is 0 Å². The van der Waals surface area contributed by atoms with Gasteiger partial charge in [0.15, 0.2) is 5.78 Å². The summed E-state index contributed by atoms with van der Waals surface area (Å²) in [5.74, 6) is -0.258. The summed E-state index contributed by atoms with van der Waals surface area (Å²) < 4.78 is 10.6. The van der Waals surface area contributed by atoms with E-state index < -0.39 is 23.4 Å². The van der Waals surface area contributed by atoms with Gasteiger partial charge < -0.3 is 9.47 Å². The second kappa shape index (κ2) is 8.80. The zero-order chi connectivity index (χ0) is 21.2. The van der Waals surface area contributed by atoms with E-state index in [0.29, 0.717) is 4.90 Å². The number of Topliss-reactive ketones (excluding diaryl/α,β-unsaturated/α-hetero) is 1. The Morgan fingerprint density at radius 2 is 1.30 bits per heavy atom. The average Bonchev–Trinajstić information content (AvgIpc) is 2.45. The lowest BCUT2D eigenvalue weighted by Crippen LogP contribution is -2.44. The van der Waals surface area contributed by atoms with Crippen LogP contribution in [0, 0.1) is 0 Å². The van der Waals surface area contributed by atoms with E-state index in [1.165, 1.54) is 12.1 Å². The molecule has 0 unspecified atom stereocenters. The Labute approximate surface area is 177 Å². The molecule has 0 radical (unpaired) electrons. The van der Waals surface area contributed by atoms with Crippen LogP contribution in [-0.4, -0.2) is 34.5 Å². The number of anilines is 1. The van der Waals surface area contributed by atoms with Crippen molar-refractivity contribution in [2.45, 2.75) is 52.7 Å². The average molecular weight is 483 g/mol. The maximum Gasteiger partial charge on any atom is 0.424 e. The summed E-state index contributed by atoms with van der Waals surface area (Å²) in [7, 11) is 0. The highest BCUT2D eigenvalue weighted by atomic mass is 79.9. The molecule has 1 aromatic rings. The fourth-order valence-corrected chi connectivity index (χ4v) is 2.87. The van der Waals surface area contributed by atoms with Gasteiger partial charge in [0.1, 0.15) is 11.2 Å². The lowest BCUT2D eigenvalue weighted by atomic mass is 10.1. The molecule has 0 N–H and O–H groups in total. The minimum atomic E-state index is -1.000. The number of carbonyl (C=O) groups is 3. The zero-order valence-corrected chi connectivity index (χ0v) is 19.1. The van der Waals surface area contributed by atoms with E-state index in [9.17, 15) is 14.4 Å². The van der Waals surface area contributed by atoms with Crippen molar-refractivity contribution in [3.63, 3.8) is 0 Å². The van der Waals surface area contributed by atoms with Crippen LogP contribution in [0.4, 0.5) is 15.3 Å². The summed E-state index contributed by atoms with van der Waals surface area (Å²) in [5, 5.41) is -0.0621. The molecule has 0 aliphatic carbocycles. The largest absolute Gasteiger partial charge is 0.443 e. The van der Waals surface area contributed by atoms with E-state index in [-0.39, 0.29) is 32.4 Å². The molecule has 0 spiro atoms. The molecule has 0 saturated carbocycles. The maximum atomic E-state index is 12.7. The third-order valence-electron chi connectivity index (χ3n) is 2.84. The molecule has 0 atom stereocenters. The highest BCUT2D eigenvalue weighted by Gasteiger charge is 2.35. The topological polar surface area (TPSA) is 72.9 Å². The number of hydrogen-bond acceptors (Lipinski definition) is 5. The van der Waals surface area contributed by atoms with E-state index in [2.05, 4.69) is 15.9 Å². The third-order valence-corrected chi connectivity index (χ3v) is 3.92. The Kier molecular flexibility index (Phi) is 7.73. The van der Waals surface area contributed by atoms with Gasteiger partial charge in [-0.1, -0.05) is 39.1 Å². The minimum absolute atomic E-state index is 0.0662. The standard InChI is InChI=1S/C18H22BrCl2NO5/c1-17(2,3)26-15(24)22(16(25)27-18(4,5)6)14-11(20)7-10(8-12(14)21)13(23)9-19/h7-8H,9H2,1-6H3. The van der Waals surface area contributed by atoms with Crippen LogP contribution in [0.15, 0.2) is 12.1 Å². The Morgan fingerprint density at radius 3 is 1.59 bits per heavy atom. The van der Waals surface area contributed by atoms with Gasteiger partial charge in [-0.05, 0) is 53.7 Å². The monoisotopic (exact) mass is 481 g/mol. The van der Waals surface area contributed by atoms with Crippen molar-refractivity contribution in [1.29, 1.82) is 0 Å². The Balaban J connectivity index is 3.49. The van der Waals surface area contributed by atoms with E-state index in [1.54, 1.807) is 41.5 Å². The van der Waals surface area contributed by atoms with Gasteiger partial charge in [-0.25, -0.2) is 9.59 Å². The van der Waals surface area contributed by atoms with Crippen LogP contribution < -0.4 is 4.90 Å². The molecule has 0 saturated heterocycles. The number of rotatable bonds is 3. The molecule has 2 amide bonds. The summed E-state index contributed by atoms with van der Waals surface area (Å²) >= 11 is 15.6. The summed E-state index contributed by atoms with van der Waals surface area (Å²) in [5.41, 5.74) is -1.63. The van der Waals surface area contributed by atoms with Crippen LogP contribution in [0.1, 0.15) is 51.9 Å². The smallest absolute Gasteiger partial charge is 0.424 e. The highest BCUT2D eigenvalue weighted by Crippen LogP contribution is 2.37. The van der Waals surface area contributed by atoms with Gasteiger partial charge in [-0.3, -0.25) is 4.79 Å². The van der Waals surface area contributed by atoms with Crippen molar-refractivity contribution >= 4 is 62.8 Å². The Hall–Kier alpha value is -1.31. The summed E-state index contributed by atoms with van der Waals surface area (Å²) in [4.78, 5) is 37.9.